The summed E-state index contributed by atoms with van der Waals surface area (Å²) < 4.78 is 30.3. The van der Waals surface area contributed by atoms with Gasteiger partial charge < -0.3 is 70.3 Å². The van der Waals surface area contributed by atoms with Crippen LogP contribution in [0.15, 0.2) is 0 Å². The summed E-state index contributed by atoms with van der Waals surface area (Å²) >= 11 is 0. The third kappa shape index (κ3) is 6.98. The van der Waals surface area contributed by atoms with Crippen LogP contribution in [0.3, 0.4) is 0 Å². The lowest BCUT2D eigenvalue weighted by Gasteiger charge is -2.65. The molecule has 0 amide bonds. The van der Waals surface area contributed by atoms with Gasteiger partial charge in [-0.25, -0.2) is 0 Å². The summed E-state index contributed by atoms with van der Waals surface area (Å²) in [6, 6.07) is 0.00377. The van der Waals surface area contributed by atoms with Crippen molar-refractivity contribution >= 4 is 5.97 Å². The molecule has 2 heterocycles. The van der Waals surface area contributed by atoms with Crippen molar-refractivity contribution in [1.82, 2.24) is 0 Å². The first-order valence-electron chi connectivity index (χ1n) is 19.3. The molecule has 0 aromatic carbocycles. The number of carbonyl (C=O) groups excluding carboxylic acids is 1. The van der Waals surface area contributed by atoms with Crippen molar-refractivity contribution in [2.75, 3.05) is 20.3 Å². The van der Waals surface area contributed by atoms with Crippen molar-refractivity contribution in [3.63, 3.8) is 0 Å². The maximum absolute atomic E-state index is 12.2. The SMILES string of the molecule is COC(=O)CC[C@@H](C)[C@H]1CC[C@H]2[C@@H]3[C@H](O[C@H]4O[C@H](CO)[C@@H](O)[C@H](O)[C@H]4O)C[C@@H]4C[C@@H](N)CC[C@]4(C)[C@H]3C[C@H](O[C@H]3O[C@H](CO)[C@@H](O)[C@H](O)[C@H]3O)[C@]12C. The van der Waals surface area contributed by atoms with Crippen molar-refractivity contribution < 1.29 is 69.3 Å². The predicted octanol–water partition coefficient (Wildman–Crippen LogP) is -0.848. The number of carbonyl (C=O) groups is 1. The molecule has 6 fully saturated rings. The highest BCUT2D eigenvalue weighted by atomic mass is 16.7. The van der Waals surface area contributed by atoms with Crippen molar-refractivity contribution in [1.29, 1.82) is 0 Å². The second-order valence-corrected chi connectivity index (χ2v) is 17.3. The Morgan fingerprint density at radius 2 is 1.40 bits per heavy atom. The Morgan fingerprint density at radius 3 is 1.98 bits per heavy atom. The number of fused-ring (bicyclic) bond motifs is 5. The highest BCUT2D eigenvalue weighted by Gasteiger charge is 2.67. The van der Waals surface area contributed by atoms with Crippen LogP contribution in [0.2, 0.25) is 0 Å². The van der Waals surface area contributed by atoms with E-state index >= 15 is 0 Å². The summed E-state index contributed by atoms with van der Waals surface area (Å²) in [5.41, 5.74) is 5.82. The van der Waals surface area contributed by atoms with E-state index in [1.807, 2.05) is 0 Å². The molecule has 0 radical (unpaired) electrons. The van der Waals surface area contributed by atoms with Gasteiger partial charge in [0, 0.05) is 17.9 Å². The van der Waals surface area contributed by atoms with E-state index in [0.717, 1.165) is 32.1 Å². The van der Waals surface area contributed by atoms with Gasteiger partial charge >= 0.3 is 5.97 Å². The quantitative estimate of drug-likeness (QED) is 0.0976. The van der Waals surface area contributed by atoms with Crippen molar-refractivity contribution in [2.24, 2.45) is 52.1 Å². The van der Waals surface area contributed by atoms with E-state index in [-0.39, 0.29) is 59.4 Å². The van der Waals surface area contributed by atoms with E-state index in [2.05, 4.69) is 20.8 Å². The molecule has 0 spiro atoms. The Bertz CT molecular complexity index is 1230. The maximum Gasteiger partial charge on any atom is 0.305 e. The van der Waals surface area contributed by atoms with Gasteiger partial charge in [0.05, 0.1) is 32.5 Å². The van der Waals surface area contributed by atoms with Gasteiger partial charge in [-0.05, 0) is 92.3 Å². The summed E-state index contributed by atoms with van der Waals surface area (Å²) in [7, 11) is 1.37. The van der Waals surface area contributed by atoms with E-state index in [1.165, 1.54) is 7.11 Å². The topological polar surface area (TPSA) is 251 Å². The van der Waals surface area contributed by atoms with Crippen LogP contribution >= 0.6 is 0 Å². The molecule has 0 bridgehead atoms. The fourth-order valence-electron chi connectivity index (χ4n) is 11.8. The summed E-state index contributed by atoms with van der Waals surface area (Å²) in [5.74, 6) is -0.117. The lowest BCUT2D eigenvalue weighted by Crippen LogP contribution is -2.66. The second kappa shape index (κ2) is 15.8. The predicted molar refractivity (Wildman–Crippen MR) is 182 cm³/mol. The second-order valence-electron chi connectivity index (χ2n) is 17.3. The number of rotatable bonds is 10. The largest absolute Gasteiger partial charge is 0.469 e. The fraction of sp³-hybridized carbons (Fsp3) is 0.973. The van der Waals surface area contributed by atoms with E-state index in [1.54, 1.807) is 0 Å². The standard InChI is InChI=1S/C37H63NO14/c1-16(5-8-26(41)48-4)19-6-7-20-27-21(13-25(37(19,20)3)52-35-33(47)31(45)29(43)24(15-40)51-35)36(2)10-9-18(38)11-17(36)12-22(27)49-34-32(46)30(44)28(42)23(14-39)50-34/h16-25,27-35,39-40,42-47H,5-15,38H2,1-4H3/t16-,17+,18+,19-,20+,21+,22-,23-,24-,25+,27+,28-,29-,30+,31+,32-,33-,34+,35-,36+,37-/m1/s1. The lowest BCUT2D eigenvalue weighted by atomic mass is 9.43. The first-order valence-corrected chi connectivity index (χ1v) is 19.3. The van der Waals surface area contributed by atoms with Gasteiger partial charge in [-0.15, -0.1) is 0 Å². The molecule has 21 atom stereocenters. The molecule has 0 aromatic rings. The smallest absolute Gasteiger partial charge is 0.305 e. The van der Waals surface area contributed by atoms with Gasteiger partial charge in [0.25, 0.3) is 0 Å². The van der Waals surface area contributed by atoms with Crippen LogP contribution in [0.1, 0.15) is 78.6 Å². The number of aliphatic hydroxyl groups is 8. The van der Waals surface area contributed by atoms with Gasteiger partial charge in [0.1, 0.15) is 48.8 Å². The first kappa shape index (κ1) is 40.6. The molecule has 2 saturated heterocycles. The minimum atomic E-state index is -1.60. The number of methoxy groups -OCH3 is 1. The molecule has 10 N–H and O–H groups in total. The number of nitrogens with two attached hydrogens (primary N) is 1. The normalized spacial score (nSPS) is 52.6. The monoisotopic (exact) mass is 745 g/mol. The van der Waals surface area contributed by atoms with E-state index in [0.29, 0.717) is 19.3 Å². The third-order valence-corrected chi connectivity index (χ3v) is 14.9. The van der Waals surface area contributed by atoms with Gasteiger partial charge in [0.2, 0.25) is 0 Å². The molecule has 15 nitrogen and oxygen atoms in total. The average Bonchev–Trinajstić information content (AvgIpc) is 3.49. The Balaban J connectivity index is 1.39. The van der Waals surface area contributed by atoms with Crippen LogP contribution in [0.4, 0.5) is 0 Å². The number of ether oxygens (including phenoxy) is 5. The molecule has 52 heavy (non-hydrogen) atoms. The molecule has 6 rings (SSSR count). The van der Waals surface area contributed by atoms with Crippen molar-refractivity contribution in [3.8, 4) is 0 Å². The third-order valence-electron chi connectivity index (χ3n) is 14.9. The molecule has 0 unspecified atom stereocenters. The maximum atomic E-state index is 12.2. The Morgan fingerprint density at radius 1 is 0.808 bits per heavy atom. The Hall–Kier alpha value is -1.05. The zero-order chi connectivity index (χ0) is 37.9. The van der Waals surface area contributed by atoms with Crippen LogP contribution in [0.25, 0.3) is 0 Å². The van der Waals surface area contributed by atoms with Crippen LogP contribution in [-0.4, -0.2) is 147 Å². The number of esters is 1. The van der Waals surface area contributed by atoms with Gasteiger partial charge in [0.15, 0.2) is 12.6 Å². The first-order chi connectivity index (χ1) is 24.6. The minimum absolute atomic E-state index is 0.00377. The molecule has 300 valence electrons. The summed E-state index contributed by atoms with van der Waals surface area (Å²) in [6.45, 7) is 5.47. The zero-order valence-corrected chi connectivity index (χ0v) is 30.9. The van der Waals surface area contributed by atoms with Crippen LogP contribution < -0.4 is 5.73 Å². The zero-order valence-electron chi connectivity index (χ0n) is 30.9. The van der Waals surface area contributed by atoms with Gasteiger partial charge in [-0.1, -0.05) is 20.8 Å². The number of aliphatic hydroxyl groups excluding tert-OH is 8. The molecule has 4 aliphatic carbocycles. The summed E-state index contributed by atoms with van der Waals surface area (Å²) in [4.78, 5) is 12.2. The minimum Gasteiger partial charge on any atom is -0.469 e. The summed E-state index contributed by atoms with van der Waals surface area (Å²) in [6.07, 6.45) is -9.05. The molecule has 6 aliphatic rings. The lowest BCUT2D eigenvalue weighted by molar-refractivity contribution is -0.346. The van der Waals surface area contributed by atoms with Crippen LogP contribution in [-0.2, 0) is 28.5 Å². The average molecular weight is 746 g/mol. The highest BCUT2D eigenvalue weighted by molar-refractivity contribution is 5.69. The number of hydrogen-bond acceptors (Lipinski definition) is 15. The van der Waals surface area contributed by atoms with E-state index in [9.17, 15) is 45.6 Å². The van der Waals surface area contributed by atoms with Crippen molar-refractivity contribution in [2.45, 2.75) is 158 Å². The molecule has 2 aliphatic heterocycles. The Labute approximate surface area is 305 Å². The number of hydrogen-bond donors (Lipinski definition) is 9. The molecule has 0 aromatic heterocycles. The molecular formula is C37H63NO14. The van der Waals surface area contributed by atoms with Crippen LogP contribution in [0.5, 0.6) is 0 Å². The van der Waals surface area contributed by atoms with E-state index in [4.69, 9.17) is 29.4 Å². The summed E-state index contributed by atoms with van der Waals surface area (Å²) in [5, 5.41) is 84.4. The van der Waals surface area contributed by atoms with Crippen molar-refractivity contribution in [3.05, 3.63) is 0 Å². The fourth-order valence-corrected chi connectivity index (χ4v) is 11.8. The highest BCUT2D eigenvalue weighted by Crippen LogP contribution is 2.69. The van der Waals surface area contributed by atoms with Gasteiger partial charge in [-0.2, -0.15) is 0 Å². The van der Waals surface area contributed by atoms with Gasteiger partial charge in [-0.3, -0.25) is 4.79 Å². The Kier molecular flexibility index (Phi) is 12.4. The molecule has 15 heteroatoms. The van der Waals surface area contributed by atoms with Crippen LogP contribution in [0, 0.1) is 46.3 Å². The van der Waals surface area contributed by atoms with E-state index < -0.39 is 92.2 Å². The molecular weight excluding hydrogens is 682 g/mol. The molecule has 4 saturated carbocycles.